The summed E-state index contributed by atoms with van der Waals surface area (Å²) < 4.78 is 27.4. The quantitative estimate of drug-likeness (QED) is 0.682. The number of anilines is 2. The maximum atomic E-state index is 13.0. The molecule has 0 radical (unpaired) electrons. The van der Waals surface area contributed by atoms with Crippen LogP contribution in [0.4, 0.5) is 11.4 Å². The molecule has 0 atom stereocenters. The Morgan fingerprint density at radius 1 is 1.14 bits per heavy atom. The first-order chi connectivity index (χ1) is 14.0. The first kappa shape index (κ1) is 21.8. The topological polar surface area (TPSA) is 69.7 Å². The number of carbonyl (C=O) groups excluding carboxylic acids is 1. The number of amides is 1. The van der Waals surface area contributed by atoms with E-state index in [9.17, 15) is 13.2 Å². The summed E-state index contributed by atoms with van der Waals surface area (Å²) in [5.41, 5.74) is 2.42. The van der Waals surface area contributed by atoms with Crippen molar-refractivity contribution < 1.29 is 13.2 Å². The third kappa shape index (κ3) is 5.18. The number of rotatable bonds is 8. The summed E-state index contributed by atoms with van der Waals surface area (Å²) >= 11 is 1.55. The summed E-state index contributed by atoms with van der Waals surface area (Å²) in [7, 11) is -3.59. The van der Waals surface area contributed by atoms with Gasteiger partial charge in [-0.05, 0) is 59.9 Å². The fraction of sp³-hybridized carbons (Fsp3) is 0.476. The van der Waals surface area contributed by atoms with Crippen LogP contribution in [0.15, 0.2) is 39.9 Å². The number of thiophene rings is 1. The Morgan fingerprint density at radius 2 is 1.86 bits per heavy atom. The van der Waals surface area contributed by atoms with E-state index in [1.807, 2.05) is 36.7 Å². The summed E-state index contributed by atoms with van der Waals surface area (Å²) in [6, 6.07) is 7.04. The lowest BCUT2D eigenvalue weighted by molar-refractivity contribution is -0.115. The number of hydrogen-bond donors (Lipinski definition) is 1. The lowest BCUT2D eigenvalue weighted by atomic mass is 10.1. The van der Waals surface area contributed by atoms with Crippen molar-refractivity contribution in [1.29, 1.82) is 0 Å². The van der Waals surface area contributed by atoms with E-state index in [4.69, 9.17) is 0 Å². The maximum absolute atomic E-state index is 13.0. The Balaban J connectivity index is 1.93. The predicted molar refractivity (Wildman–Crippen MR) is 119 cm³/mol. The summed E-state index contributed by atoms with van der Waals surface area (Å²) in [6.45, 7) is 6.30. The van der Waals surface area contributed by atoms with Crippen molar-refractivity contribution in [3.8, 4) is 0 Å². The van der Waals surface area contributed by atoms with Crippen molar-refractivity contribution in [2.45, 2.75) is 44.4 Å². The van der Waals surface area contributed by atoms with Crippen LogP contribution in [0.5, 0.6) is 0 Å². The Kier molecular flexibility index (Phi) is 7.32. The van der Waals surface area contributed by atoms with Gasteiger partial charge in [0, 0.05) is 26.2 Å². The van der Waals surface area contributed by atoms with Crippen LogP contribution in [0.1, 0.15) is 38.7 Å². The Morgan fingerprint density at radius 3 is 2.48 bits per heavy atom. The van der Waals surface area contributed by atoms with E-state index < -0.39 is 10.0 Å². The Hall–Kier alpha value is -1.90. The van der Waals surface area contributed by atoms with Crippen molar-refractivity contribution in [2.24, 2.45) is 0 Å². The molecule has 0 bridgehead atoms. The number of nitrogens with zero attached hydrogens (tertiary/aromatic N) is 2. The van der Waals surface area contributed by atoms with Gasteiger partial charge in [-0.15, -0.1) is 0 Å². The molecule has 1 aliphatic heterocycles. The van der Waals surface area contributed by atoms with Crippen molar-refractivity contribution in [2.75, 3.05) is 36.4 Å². The van der Waals surface area contributed by atoms with Gasteiger partial charge in [-0.3, -0.25) is 4.79 Å². The molecule has 2 heterocycles. The minimum Gasteiger partial charge on any atom is -0.370 e. The van der Waals surface area contributed by atoms with E-state index in [1.54, 1.807) is 23.5 Å². The molecule has 0 spiro atoms. The fourth-order valence-electron chi connectivity index (χ4n) is 3.67. The van der Waals surface area contributed by atoms with Crippen molar-refractivity contribution in [1.82, 2.24) is 4.31 Å². The predicted octanol–water partition coefficient (Wildman–Crippen LogP) is 3.95. The number of hydrogen-bond acceptors (Lipinski definition) is 5. The molecule has 1 N–H and O–H groups in total. The molecule has 1 amide bonds. The second-order valence-corrected chi connectivity index (χ2v) is 9.89. The molecule has 6 nitrogen and oxygen atoms in total. The molecule has 8 heteroatoms. The third-order valence-electron chi connectivity index (χ3n) is 5.23. The number of benzene rings is 1. The van der Waals surface area contributed by atoms with Crippen LogP contribution < -0.4 is 10.2 Å². The minimum atomic E-state index is -3.59. The average Bonchev–Trinajstić information content (AvgIpc) is 3.22. The van der Waals surface area contributed by atoms with Gasteiger partial charge < -0.3 is 10.2 Å². The summed E-state index contributed by atoms with van der Waals surface area (Å²) in [6.07, 6.45) is 3.67. The average molecular weight is 436 g/mol. The molecular weight excluding hydrogens is 406 g/mol. The van der Waals surface area contributed by atoms with Gasteiger partial charge in [-0.1, -0.05) is 13.8 Å². The van der Waals surface area contributed by atoms with Gasteiger partial charge in [-0.25, -0.2) is 8.42 Å². The molecule has 2 aromatic rings. The molecule has 0 unspecified atom stereocenters. The summed E-state index contributed by atoms with van der Waals surface area (Å²) in [4.78, 5) is 15.1. The molecule has 0 aliphatic carbocycles. The van der Waals surface area contributed by atoms with Crippen LogP contribution in [0.25, 0.3) is 0 Å². The number of carbonyl (C=O) groups is 1. The number of sulfonamides is 1. The van der Waals surface area contributed by atoms with Gasteiger partial charge in [0.25, 0.3) is 0 Å². The molecule has 1 saturated heterocycles. The van der Waals surface area contributed by atoms with Crippen molar-refractivity contribution >= 4 is 38.6 Å². The Bertz CT molecular complexity index is 917. The monoisotopic (exact) mass is 435 g/mol. The normalized spacial score (nSPS) is 14.9. The van der Waals surface area contributed by atoms with Gasteiger partial charge in [-0.2, -0.15) is 15.6 Å². The number of piperidine rings is 1. The van der Waals surface area contributed by atoms with Crippen LogP contribution in [0, 0.1) is 0 Å². The molecule has 158 valence electrons. The second-order valence-electron chi connectivity index (χ2n) is 7.17. The molecule has 3 rings (SSSR count). The lowest BCUT2D eigenvalue weighted by Gasteiger charge is -2.31. The minimum absolute atomic E-state index is 0.140. The standard InChI is InChI=1S/C21H29N3O3S2/c1-3-24(4-2)29(26,27)18-8-9-20(23-11-6-5-7-12-23)19(15-18)22-21(25)14-17-10-13-28-16-17/h8-10,13,15-16H,3-7,11-12,14H2,1-2H3,(H,22,25). The molecular formula is C21H29N3O3S2. The van der Waals surface area contributed by atoms with E-state index in [0.29, 0.717) is 18.8 Å². The highest BCUT2D eigenvalue weighted by Gasteiger charge is 2.24. The van der Waals surface area contributed by atoms with Crippen molar-refractivity contribution in [3.05, 3.63) is 40.6 Å². The molecule has 0 saturated carbocycles. The molecule has 1 fully saturated rings. The maximum Gasteiger partial charge on any atom is 0.243 e. The van der Waals surface area contributed by atoms with Crippen LogP contribution in [0.2, 0.25) is 0 Å². The first-order valence-corrected chi connectivity index (χ1v) is 12.5. The van der Waals surface area contributed by atoms with E-state index in [0.717, 1.165) is 37.2 Å². The van der Waals surface area contributed by atoms with Crippen LogP contribution in [0.3, 0.4) is 0 Å². The molecule has 1 aromatic carbocycles. The fourth-order valence-corrected chi connectivity index (χ4v) is 5.83. The van der Waals surface area contributed by atoms with Crippen LogP contribution in [-0.2, 0) is 21.2 Å². The van der Waals surface area contributed by atoms with Gasteiger partial charge in [0.15, 0.2) is 0 Å². The van der Waals surface area contributed by atoms with Gasteiger partial charge in [0.1, 0.15) is 0 Å². The molecule has 29 heavy (non-hydrogen) atoms. The number of nitrogens with one attached hydrogen (secondary N) is 1. The van der Waals surface area contributed by atoms with Crippen LogP contribution >= 0.6 is 11.3 Å². The van der Waals surface area contributed by atoms with E-state index in [2.05, 4.69) is 10.2 Å². The van der Waals surface area contributed by atoms with Gasteiger partial charge >= 0.3 is 0 Å². The SMILES string of the molecule is CCN(CC)S(=O)(=O)c1ccc(N2CCCCC2)c(NC(=O)Cc2ccsc2)c1. The zero-order chi connectivity index (χ0) is 20.9. The zero-order valence-electron chi connectivity index (χ0n) is 17.1. The van der Waals surface area contributed by atoms with E-state index in [1.165, 1.54) is 10.7 Å². The summed E-state index contributed by atoms with van der Waals surface area (Å²) in [5, 5.41) is 6.87. The highest BCUT2D eigenvalue weighted by molar-refractivity contribution is 7.89. The first-order valence-electron chi connectivity index (χ1n) is 10.2. The Labute approximate surface area is 177 Å². The smallest absolute Gasteiger partial charge is 0.243 e. The third-order valence-corrected chi connectivity index (χ3v) is 8.00. The van der Waals surface area contributed by atoms with E-state index >= 15 is 0 Å². The zero-order valence-corrected chi connectivity index (χ0v) is 18.7. The van der Waals surface area contributed by atoms with Crippen LogP contribution in [-0.4, -0.2) is 44.8 Å². The highest BCUT2D eigenvalue weighted by Crippen LogP contribution is 2.32. The molecule has 1 aliphatic rings. The molecule has 1 aromatic heterocycles. The highest BCUT2D eigenvalue weighted by atomic mass is 32.2. The second kappa shape index (κ2) is 9.73. The summed E-state index contributed by atoms with van der Waals surface area (Å²) in [5.74, 6) is -0.140. The van der Waals surface area contributed by atoms with Gasteiger partial charge in [0.2, 0.25) is 15.9 Å². The van der Waals surface area contributed by atoms with Gasteiger partial charge in [0.05, 0.1) is 22.7 Å². The van der Waals surface area contributed by atoms with E-state index in [-0.39, 0.29) is 17.2 Å². The van der Waals surface area contributed by atoms with Crippen molar-refractivity contribution in [3.63, 3.8) is 0 Å². The lowest BCUT2D eigenvalue weighted by Crippen LogP contribution is -2.32. The largest absolute Gasteiger partial charge is 0.370 e.